The predicted octanol–water partition coefficient (Wildman–Crippen LogP) is 7.69. The summed E-state index contributed by atoms with van der Waals surface area (Å²) in [4.78, 5) is 17.7. The van der Waals surface area contributed by atoms with Gasteiger partial charge in [0.2, 0.25) is 0 Å². The Balaban J connectivity index is 1.59. The zero-order valence-corrected chi connectivity index (χ0v) is 19.6. The Morgan fingerprint density at radius 3 is 2.71 bits per heavy atom. The summed E-state index contributed by atoms with van der Waals surface area (Å²) in [6.45, 7) is 2.30. The van der Waals surface area contributed by atoms with Gasteiger partial charge < -0.3 is 9.47 Å². The van der Waals surface area contributed by atoms with E-state index in [9.17, 15) is 4.79 Å². The lowest BCUT2D eigenvalue weighted by Gasteiger charge is -2.11. The summed E-state index contributed by atoms with van der Waals surface area (Å²) in [6, 6.07) is 20.6. The molecule has 0 radical (unpaired) electrons. The number of nitrogens with zero attached hydrogens (tertiary/aromatic N) is 1. The van der Waals surface area contributed by atoms with E-state index in [0.29, 0.717) is 28.0 Å². The monoisotopic (exact) mass is 513 g/mol. The van der Waals surface area contributed by atoms with E-state index in [1.54, 1.807) is 18.3 Å². The van der Waals surface area contributed by atoms with Crippen molar-refractivity contribution in [2.45, 2.75) is 6.92 Å². The second-order valence-corrected chi connectivity index (χ2v) is 8.85. The van der Waals surface area contributed by atoms with E-state index in [1.165, 1.54) is 11.3 Å². The van der Waals surface area contributed by atoms with E-state index in [0.717, 1.165) is 25.8 Å². The van der Waals surface area contributed by atoms with Gasteiger partial charge in [-0.25, -0.2) is 4.79 Å². The first-order valence-electron chi connectivity index (χ1n) is 9.51. The van der Waals surface area contributed by atoms with Crippen LogP contribution in [0.3, 0.4) is 0 Å². The molecule has 4 aromatic rings. The third-order valence-electron chi connectivity index (χ3n) is 4.36. The van der Waals surface area contributed by atoms with Crippen molar-refractivity contribution >= 4 is 66.8 Å². The maximum atomic E-state index is 12.8. The van der Waals surface area contributed by atoms with Gasteiger partial charge in [-0.2, -0.15) is 0 Å². The van der Waals surface area contributed by atoms with Gasteiger partial charge in [0, 0.05) is 20.8 Å². The maximum absolute atomic E-state index is 12.8. The summed E-state index contributed by atoms with van der Waals surface area (Å²) in [5.41, 5.74) is 1.64. The molecule has 31 heavy (non-hydrogen) atoms. The number of halogens is 2. The Morgan fingerprint density at radius 2 is 1.94 bits per heavy atom. The largest absolute Gasteiger partial charge is 0.490 e. The Kier molecular flexibility index (Phi) is 6.70. The topological polar surface area (TPSA) is 47.9 Å². The number of esters is 1. The molecule has 0 fully saturated rings. The number of carbonyl (C=O) groups excluding carboxylic acids is 1. The van der Waals surface area contributed by atoms with Gasteiger partial charge in [-0.3, -0.25) is 4.99 Å². The number of hydrogen-bond donors (Lipinski definition) is 0. The van der Waals surface area contributed by atoms with Crippen LogP contribution in [0.5, 0.6) is 11.5 Å². The SMILES string of the molecule is CCOc1cc(C=Nc2cccc(Br)c2)ccc1OC(=O)c1sc2ccccc2c1Cl. The van der Waals surface area contributed by atoms with Crippen molar-refractivity contribution in [1.29, 1.82) is 0 Å². The predicted molar refractivity (Wildman–Crippen MR) is 131 cm³/mol. The molecule has 0 saturated heterocycles. The van der Waals surface area contributed by atoms with Gasteiger partial charge in [0.25, 0.3) is 0 Å². The van der Waals surface area contributed by atoms with Crippen LogP contribution < -0.4 is 9.47 Å². The molecule has 0 aliphatic carbocycles. The van der Waals surface area contributed by atoms with Gasteiger partial charge in [-0.15, -0.1) is 11.3 Å². The summed E-state index contributed by atoms with van der Waals surface area (Å²) in [6.07, 6.45) is 1.73. The minimum absolute atomic E-state index is 0.333. The van der Waals surface area contributed by atoms with Crippen LogP contribution in [0.4, 0.5) is 5.69 Å². The Morgan fingerprint density at radius 1 is 1.10 bits per heavy atom. The average Bonchev–Trinajstić information content (AvgIpc) is 3.11. The molecular weight excluding hydrogens is 498 g/mol. The zero-order chi connectivity index (χ0) is 21.8. The summed E-state index contributed by atoms with van der Waals surface area (Å²) < 4.78 is 13.2. The van der Waals surface area contributed by atoms with E-state index < -0.39 is 5.97 Å². The molecule has 1 heterocycles. The first-order valence-corrected chi connectivity index (χ1v) is 11.5. The molecule has 7 heteroatoms. The highest BCUT2D eigenvalue weighted by Crippen LogP contribution is 2.37. The number of rotatable bonds is 6. The molecule has 0 unspecified atom stereocenters. The second-order valence-electron chi connectivity index (χ2n) is 6.51. The quantitative estimate of drug-likeness (QED) is 0.151. The zero-order valence-electron chi connectivity index (χ0n) is 16.5. The van der Waals surface area contributed by atoms with E-state index in [2.05, 4.69) is 20.9 Å². The number of fused-ring (bicyclic) bond motifs is 1. The molecular formula is C24H17BrClNO3S. The molecule has 0 aliphatic heterocycles. The molecule has 0 bridgehead atoms. The first-order chi connectivity index (χ1) is 15.0. The van der Waals surface area contributed by atoms with Crippen LogP contribution in [0.2, 0.25) is 5.02 Å². The molecule has 156 valence electrons. The number of hydrogen-bond acceptors (Lipinski definition) is 5. The van der Waals surface area contributed by atoms with Crippen LogP contribution in [0.15, 0.2) is 76.2 Å². The van der Waals surface area contributed by atoms with Gasteiger partial charge in [-0.05, 0) is 55.0 Å². The summed E-state index contributed by atoms with van der Waals surface area (Å²) >= 11 is 11.2. The van der Waals surface area contributed by atoms with Gasteiger partial charge in [0.15, 0.2) is 11.5 Å². The highest BCUT2D eigenvalue weighted by atomic mass is 79.9. The summed E-state index contributed by atoms with van der Waals surface area (Å²) in [5.74, 6) is 0.286. The Hall–Kier alpha value is -2.67. The molecule has 4 nitrogen and oxygen atoms in total. The van der Waals surface area contributed by atoms with Gasteiger partial charge in [0.1, 0.15) is 4.88 Å². The minimum atomic E-state index is -0.511. The number of ether oxygens (including phenoxy) is 2. The minimum Gasteiger partial charge on any atom is -0.490 e. The van der Waals surface area contributed by atoms with E-state index in [1.807, 2.05) is 61.5 Å². The molecule has 0 aliphatic rings. The highest BCUT2D eigenvalue weighted by molar-refractivity contribution is 9.10. The third kappa shape index (κ3) is 4.98. The van der Waals surface area contributed by atoms with Crippen LogP contribution in [0.25, 0.3) is 10.1 Å². The van der Waals surface area contributed by atoms with Crippen LogP contribution in [-0.2, 0) is 0 Å². The van der Waals surface area contributed by atoms with Gasteiger partial charge in [-0.1, -0.05) is 51.8 Å². The lowest BCUT2D eigenvalue weighted by atomic mass is 10.2. The molecule has 1 aromatic heterocycles. The van der Waals surface area contributed by atoms with Crippen molar-refractivity contribution in [3.8, 4) is 11.5 Å². The van der Waals surface area contributed by atoms with Crippen molar-refractivity contribution < 1.29 is 14.3 Å². The van der Waals surface area contributed by atoms with Crippen molar-refractivity contribution in [3.05, 3.63) is 86.7 Å². The number of benzene rings is 3. The van der Waals surface area contributed by atoms with Crippen molar-refractivity contribution in [1.82, 2.24) is 0 Å². The fourth-order valence-electron chi connectivity index (χ4n) is 2.95. The van der Waals surface area contributed by atoms with E-state index in [-0.39, 0.29) is 0 Å². The smallest absolute Gasteiger partial charge is 0.355 e. The van der Waals surface area contributed by atoms with Gasteiger partial charge >= 0.3 is 5.97 Å². The number of thiophene rings is 1. The molecule has 0 spiro atoms. The Bertz CT molecular complexity index is 1290. The van der Waals surface area contributed by atoms with Crippen molar-refractivity contribution in [3.63, 3.8) is 0 Å². The molecule has 0 N–H and O–H groups in total. The molecule has 0 atom stereocenters. The Labute approximate surface area is 197 Å². The highest BCUT2D eigenvalue weighted by Gasteiger charge is 2.20. The van der Waals surface area contributed by atoms with E-state index >= 15 is 0 Å². The average molecular weight is 515 g/mol. The summed E-state index contributed by atoms with van der Waals surface area (Å²) in [5, 5.41) is 1.24. The molecule has 3 aromatic carbocycles. The van der Waals surface area contributed by atoms with Gasteiger partial charge in [0.05, 0.1) is 17.3 Å². The first kappa shape index (κ1) is 21.6. The van der Waals surface area contributed by atoms with Crippen LogP contribution in [0, 0.1) is 0 Å². The third-order valence-corrected chi connectivity index (χ3v) is 6.51. The second kappa shape index (κ2) is 9.64. The maximum Gasteiger partial charge on any atom is 0.355 e. The fraction of sp³-hybridized carbons (Fsp3) is 0.0833. The van der Waals surface area contributed by atoms with E-state index in [4.69, 9.17) is 21.1 Å². The standard InChI is InChI=1S/C24H17BrClNO3S/c1-2-29-20-12-15(14-27-17-7-5-6-16(25)13-17)10-11-19(20)30-24(28)23-22(26)18-8-3-4-9-21(18)31-23/h3-14H,2H2,1H3. The number of carbonyl (C=O) groups is 1. The lowest BCUT2D eigenvalue weighted by molar-refractivity contribution is 0.0733. The van der Waals surface area contributed by atoms with Crippen LogP contribution in [-0.4, -0.2) is 18.8 Å². The molecule has 0 saturated carbocycles. The fourth-order valence-corrected chi connectivity index (χ4v) is 4.73. The van der Waals surface area contributed by atoms with Crippen molar-refractivity contribution in [2.75, 3.05) is 6.61 Å². The molecule has 0 amide bonds. The number of aliphatic imine (C=N–C) groups is 1. The normalized spacial score (nSPS) is 11.2. The van der Waals surface area contributed by atoms with Crippen molar-refractivity contribution in [2.24, 2.45) is 4.99 Å². The van der Waals surface area contributed by atoms with Crippen LogP contribution in [0.1, 0.15) is 22.2 Å². The summed E-state index contributed by atoms with van der Waals surface area (Å²) in [7, 11) is 0. The molecule has 4 rings (SSSR count). The lowest BCUT2D eigenvalue weighted by Crippen LogP contribution is -2.08. The van der Waals surface area contributed by atoms with Crippen LogP contribution >= 0.6 is 38.9 Å².